The largest absolute Gasteiger partial charge is 0.461 e. The third-order valence-corrected chi connectivity index (χ3v) is 7.07. The number of benzene rings is 4. The highest BCUT2D eigenvalue weighted by molar-refractivity contribution is 6.11. The van der Waals surface area contributed by atoms with Gasteiger partial charge in [0.1, 0.15) is 11.5 Å². The zero-order valence-electron chi connectivity index (χ0n) is 21.7. The Bertz CT molecular complexity index is 1850. The summed E-state index contributed by atoms with van der Waals surface area (Å²) in [5, 5.41) is 4.01. The van der Waals surface area contributed by atoms with Crippen LogP contribution in [0.2, 0.25) is 0 Å². The molecule has 0 aliphatic carbocycles. The molecule has 0 saturated carbocycles. The van der Waals surface area contributed by atoms with Crippen LogP contribution in [0.1, 0.15) is 32.2 Å². The molecule has 7 rings (SSSR count). The number of hydrogen-bond acceptors (Lipinski definition) is 6. The van der Waals surface area contributed by atoms with Crippen LogP contribution >= 0.6 is 0 Å². The van der Waals surface area contributed by atoms with Gasteiger partial charge in [0.15, 0.2) is 11.5 Å². The van der Waals surface area contributed by atoms with Crippen molar-refractivity contribution >= 4 is 45.3 Å². The average molecular weight is 539 g/mol. The molecule has 2 aromatic heterocycles. The number of fused-ring (bicyclic) bond motifs is 7. The molecule has 1 aliphatic heterocycles. The smallest absolute Gasteiger partial charge is 0.230 e. The SMILES string of the molecule is O=C(/C=C\c1ccc2c3c(ccc2c1)OCOc1ccc2cc(/C=C\C(=O)c4ccco4)ccc2c1-3)c1ccco1. The molecule has 41 heavy (non-hydrogen) atoms. The van der Waals surface area contributed by atoms with Gasteiger partial charge in [-0.25, -0.2) is 0 Å². The molecule has 6 aromatic rings. The number of furan rings is 2. The Morgan fingerprint density at radius 1 is 0.585 bits per heavy atom. The van der Waals surface area contributed by atoms with Gasteiger partial charge in [-0.15, -0.1) is 0 Å². The number of ketones is 2. The van der Waals surface area contributed by atoms with Gasteiger partial charge in [0, 0.05) is 11.1 Å². The van der Waals surface area contributed by atoms with Gasteiger partial charge in [-0.05, 0) is 93.4 Å². The van der Waals surface area contributed by atoms with Crippen LogP contribution in [0.3, 0.4) is 0 Å². The molecule has 0 N–H and O–H groups in total. The summed E-state index contributed by atoms with van der Waals surface area (Å²) in [6.45, 7) is 0.0996. The lowest BCUT2D eigenvalue weighted by atomic mass is 9.91. The van der Waals surface area contributed by atoms with Crippen LogP contribution in [0.15, 0.2) is 118 Å². The van der Waals surface area contributed by atoms with Crippen molar-refractivity contribution in [3.63, 3.8) is 0 Å². The summed E-state index contributed by atoms with van der Waals surface area (Å²) in [5.41, 5.74) is 3.67. The summed E-state index contributed by atoms with van der Waals surface area (Å²) >= 11 is 0. The van der Waals surface area contributed by atoms with E-state index < -0.39 is 0 Å². The van der Waals surface area contributed by atoms with Crippen LogP contribution in [-0.2, 0) is 0 Å². The van der Waals surface area contributed by atoms with Crippen molar-refractivity contribution in [1.82, 2.24) is 0 Å². The van der Waals surface area contributed by atoms with Crippen LogP contribution in [0.4, 0.5) is 0 Å². The van der Waals surface area contributed by atoms with E-state index in [2.05, 4.69) is 0 Å². The van der Waals surface area contributed by atoms with E-state index in [1.54, 1.807) is 36.4 Å². The minimum Gasteiger partial charge on any atom is -0.461 e. The second-order valence-corrected chi connectivity index (χ2v) is 9.59. The Labute approximate surface area is 234 Å². The van der Waals surface area contributed by atoms with Crippen LogP contribution in [0.25, 0.3) is 44.8 Å². The van der Waals surface area contributed by atoms with Crippen molar-refractivity contribution in [3.05, 3.63) is 132 Å². The molecule has 4 aromatic carbocycles. The Morgan fingerprint density at radius 2 is 1.07 bits per heavy atom. The second-order valence-electron chi connectivity index (χ2n) is 9.59. The minimum atomic E-state index is -0.192. The summed E-state index contributed by atoms with van der Waals surface area (Å²) < 4.78 is 22.4. The molecule has 6 nitrogen and oxygen atoms in total. The van der Waals surface area contributed by atoms with Crippen LogP contribution in [-0.4, -0.2) is 18.4 Å². The maximum Gasteiger partial charge on any atom is 0.230 e. The first-order chi connectivity index (χ1) is 20.1. The van der Waals surface area contributed by atoms with Crippen LogP contribution in [0, 0.1) is 0 Å². The molecule has 198 valence electrons. The summed E-state index contributed by atoms with van der Waals surface area (Å²) in [7, 11) is 0. The number of allylic oxidation sites excluding steroid dienone is 2. The first-order valence-corrected chi connectivity index (χ1v) is 13.1. The molecule has 0 bridgehead atoms. The molecular formula is C35H22O6. The summed E-state index contributed by atoms with van der Waals surface area (Å²) in [5.74, 6) is 1.68. The van der Waals surface area contributed by atoms with Gasteiger partial charge in [0.05, 0.1) is 12.5 Å². The fourth-order valence-corrected chi connectivity index (χ4v) is 5.12. The highest BCUT2D eigenvalue weighted by Gasteiger charge is 2.22. The third kappa shape index (κ3) is 4.61. The number of carbonyl (C=O) groups is 2. The van der Waals surface area contributed by atoms with E-state index in [4.69, 9.17) is 18.3 Å². The van der Waals surface area contributed by atoms with Crippen LogP contribution < -0.4 is 9.47 Å². The molecule has 1 aliphatic rings. The fourth-order valence-electron chi connectivity index (χ4n) is 5.12. The quantitative estimate of drug-likeness (QED) is 0.157. The van der Waals surface area contributed by atoms with Gasteiger partial charge in [0.2, 0.25) is 18.4 Å². The zero-order valence-corrected chi connectivity index (χ0v) is 21.7. The second kappa shape index (κ2) is 10.2. The van der Waals surface area contributed by atoms with E-state index >= 15 is 0 Å². The number of hydrogen-bond donors (Lipinski definition) is 0. The monoisotopic (exact) mass is 538 g/mol. The van der Waals surface area contributed by atoms with E-state index in [1.165, 1.54) is 24.7 Å². The van der Waals surface area contributed by atoms with Crippen molar-refractivity contribution in [2.24, 2.45) is 0 Å². The topological polar surface area (TPSA) is 78.9 Å². The normalized spacial score (nSPS) is 12.7. The fraction of sp³-hybridized carbons (Fsp3) is 0.0286. The van der Waals surface area contributed by atoms with E-state index in [0.29, 0.717) is 11.5 Å². The van der Waals surface area contributed by atoms with Gasteiger partial charge in [0.25, 0.3) is 0 Å². The Kier molecular flexibility index (Phi) is 6.06. The standard InChI is InChI=1S/C35H22O6/c36-28(30-3-1-17-38-30)13-7-22-5-11-26-24(19-22)9-15-32-34(26)35-27-12-6-23(8-14-29(37)31-4-2-18-39-31)20-25(27)10-16-33(35)41-21-40-32/h1-20H,21H2/b13-7-,14-8-. The maximum absolute atomic E-state index is 12.4. The van der Waals surface area contributed by atoms with Gasteiger partial charge in [-0.3, -0.25) is 9.59 Å². The van der Waals surface area contributed by atoms with E-state index in [9.17, 15) is 9.59 Å². The predicted molar refractivity (Wildman–Crippen MR) is 157 cm³/mol. The highest BCUT2D eigenvalue weighted by atomic mass is 16.7. The molecule has 0 atom stereocenters. The van der Waals surface area contributed by atoms with Gasteiger partial charge >= 0.3 is 0 Å². The molecule has 6 heteroatoms. The van der Waals surface area contributed by atoms with Crippen molar-refractivity contribution < 1.29 is 27.9 Å². The number of carbonyl (C=O) groups excluding carboxylic acids is 2. The lowest BCUT2D eigenvalue weighted by Gasteiger charge is -2.14. The van der Waals surface area contributed by atoms with Gasteiger partial charge in [-0.1, -0.05) is 48.6 Å². The molecule has 3 heterocycles. The first-order valence-electron chi connectivity index (χ1n) is 13.1. The number of rotatable bonds is 6. The molecule has 0 fully saturated rings. The Hall–Kier alpha value is -5.62. The number of ether oxygens (including phenoxy) is 2. The van der Waals surface area contributed by atoms with Crippen molar-refractivity contribution in [2.45, 2.75) is 0 Å². The summed E-state index contributed by atoms with van der Waals surface area (Å²) in [6.07, 6.45) is 9.55. The Morgan fingerprint density at radius 3 is 1.51 bits per heavy atom. The first kappa shape index (κ1) is 24.4. The van der Waals surface area contributed by atoms with Gasteiger partial charge < -0.3 is 18.3 Å². The highest BCUT2D eigenvalue weighted by Crippen LogP contribution is 2.47. The average Bonchev–Trinajstić information content (AvgIpc) is 3.71. The zero-order chi connectivity index (χ0) is 27.8. The molecule has 0 radical (unpaired) electrons. The lowest BCUT2D eigenvalue weighted by molar-refractivity contribution is 0.101. The van der Waals surface area contributed by atoms with E-state index in [1.807, 2.05) is 60.7 Å². The Balaban J connectivity index is 1.29. The molecule has 0 spiro atoms. The molecule has 0 saturated heterocycles. The van der Waals surface area contributed by atoms with Crippen LogP contribution in [0.5, 0.6) is 11.5 Å². The minimum absolute atomic E-state index is 0.0996. The van der Waals surface area contributed by atoms with Crippen molar-refractivity contribution in [1.29, 1.82) is 0 Å². The lowest BCUT2D eigenvalue weighted by Crippen LogP contribution is -2.03. The third-order valence-electron chi connectivity index (χ3n) is 7.07. The van der Waals surface area contributed by atoms with Crippen molar-refractivity contribution in [3.8, 4) is 22.6 Å². The molecule has 0 unspecified atom stereocenters. The molecular weight excluding hydrogens is 516 g/mol. The van der Waals surface area contributed by atoms with E-state index in [-0.39, 0.29) is 18.4 Å². The van der Waals surface area contributed by atoms with Gasteiger partial charge in [-0.2, -0.15) is 0 Å². The van der Waals surface area contributed by atoms with E-state index in [0.717, 1.165) is 55.3 Å². The maximum atomic E-state index is 12.4. The summed E-state index contributed by atoms with van der Waals surface area (Å²) in [4.78, 5) is 24.7. The summed E-state index contributed by atoms with van der Waals surface area (Å²) in [6, 6.07) is 26.7. The van der Waals surface area contributed by atoms with Crippen molar-refractivity contribution in [2.75, 3.05) is 6.79 Å². The predicted octanol–water partition coefficient (Wildman–Crippen LogP) is 8.37. The molecule has 0 amide bonds.